The summed E-state index contributed by atoms with van der Waals surface area (Å²) in [6.07, 6.45) is 48.8. The third-order valence-corrected chi connectivity index (χ3v) is 29.8. The summed E-state index contributed by atoms with van der Waals surface area (Å²) >= 11 is 0. The van der Waals surface area contributed by atoms with Gasteiger partial charge in [-0.3, -0.25) is 0 Å². The fraction of sp³-hybridized carbons (Fsp3) is 0.600. The minimum atomic E-state index is -1.01. The lowest BCUT2D eigenvalue weighted by molar-refractivity contribution is 0.0963. The van der Waals surface area contributed by atoms with Gasteiger partial charge < -0.3 is 40.9 Å². The smallest absolute Gasteiger partial charge is 0.0822 e. The quantitative estimate of drug-likeness (QED) is 0.0468. The van der Waals surface area contributed by atoms with Gasteiger partial charge in [0.1, 0.15) is 0 Å². The van der Waals surface area contributed by atoms with Gasteiger partial charge >= 0.3 is 0 Å². The molecule has 20 atom stereocenters. The van der Waals surface area contributed by atoms with Crippen molar-refractivity contribution in [2.24, 2.45) is 90.7 Å². The molecule has 9 aliphatic rings. The first-order valence-corrected chi connectivity index (χ1v) is 41.8. The highest BCUT2D eigenvalue weighted by molar-refractivity contribution is 5.51. The van der Waals surface area contributed by atoms with E-state index < -0.39 is 118 Å². The van der Waals surface area contributed by atoms with Crippen molar-refractivity contribution in [2.45, 2.75) is 290 Å². The number of hydrogen-bond donors (Lipinski definition) is 8. The van der Waals surface area contributed by atoms with Crippen molar-refractivity contribution in [1.82, 2.24) is 0 Å². The number of hydrogen-bond acceptors (Lipinski definition) is 8. The van der Waals surface area contributed by atoms with Crippen LogP contribution in [0.5, 0.6) is 0 Å². The summed E-state index contributed by atoms with van der Waals surface area (Å²) in [5.41, 5.74) is 11.5. The molecule has 0 amide bonds. The molecule has 8 heteroatoms. The lowest BCUT2D eigenvalue weighted by Gasteiger charge is -2.41. The zero-order valence-electron chi connectivity index (χ0n) is 70.3. The van der Waals surface area contributed by atoms with Gasteiger partial charge in [-0.1, -0.05) is 253 Å². The SMILES string of the molecule is C#CC(C)(CC)C1=CC2CC3C=C([C@](C)(C=C)CC)C=C(CC4=CC(C(C)(C)CC)=CC(CC5=CC(C(C)(C)CC)=CC(CC6C=C(C(C)(C)CC)C=C(CC7C=C([C@](C)(C=C)CC)C=C(CC8C=C(C(C)(C)CC)C=C(CC9=CC(C(C)(C=C)CC)=CC(CC(=C1)C2O)C9O)C8O)C7O)C6O)C5O)C4O)C3O. The highest BCUT2D eigenvalue weighted by Gasteiger charge is 2.46. The summed E-state index contributed by atoms with van der Waals surface area (Å²) in [5.74, 6) is -0.481. The Hall–Kier alpha value is -5.70. The normalized spacial score (nSPS) is 32.8. The minimum Gasteiger partial charge on any atom is -0.388 e. The molecule has 0 heterocycles. The van der Waals surface area contributed by atoms with E-state index in [0.29, 0.717) is 44.9 Å². The number of allylic oxidation sites excluding steroid dienone is 19. The average molecular weight is 1470 g/mol. The van der Waals surface area contributed by atoms with Gasteiger partial charge in [0.15, 0.2) is 0 Å². The van der Waals surface area contributed by atoms with Crippen molar-refractivity contribution in [3.8, 4) is 12.3 Å². The van der Waals surface area contributed by atoms with Crippen molar-refractivity contribution in [3.05, 3.63) is 224 Å². The monoisotopic (exact) mass is 1470 g/mol. The second-order valence-electron chi connectivity index (χ2n) is 37.9. The molecule has 16 bridgehead atoms. The number of rotatable bonds is 19. The second kappa shape index (κ2) is 33.5. The molecule has 8 nitrogen and oxygen atoms in total. The molecule has 0 radical (unpaired) electrons. The van der Waals surface area contributed by atoms with Crippen LogP contribution in [0.15, 0.2) is 224 Å². The highest BCUT2D eigenvalue weighted by atomic mass is 16.3. The molecule has 0 aromatic carbocycles. The second-order valence-corrected chi connectivity index (χ2v) is 37.9. The molecule has 0 aromatic rings. The van der Waals surface area contributed by atoms with Crippen LogP contribution in [0.3, 0.4) is 0 Å². The van der Waals surface area contributed by atoms with E-state index in [0.717, 1.165) is 134 Å². The van der Waals surface area contributed by atoms with Gasteiger partial charge in [0.2, 0.25) is 0 Å². The summed E-state index contributed by atoms with van der Waals surface area (Å²) < 4.78 is 0. The predicted octanol–water partition coefficient (Wildman–Crippen LogP) is 21.5. The Balaban J connectivity index is 1.25. The molecular formula is C100H142O8. The summed E-state index contributed by atoms with van der Waals surface area (Å²) in [6, 6.07) is 0. The number of aliphatic hydroxyl groups excluding tert-OH is 8. The Morgan fingerprint density at radius 1 is 0.296 bits per heavy atom. The van der Waals surface area contributed by atoms with Crippen LogP contribution in [-0.4, -0.2) is 89.7 Å². The molecule has 590 valence electrons. The zero-order chi connectivity index (χ0) is 79.9. The Morgan fingerprint density at radius 3 is 0.741 bits per heavy atom. The van der Waals surface area contributed by atoms with Crippen molar-refractivity contribution in [2.75, 3.05) is 0 Å². The molecule has 9 aliphatic carbocycles. The standard InChI is InChI=1S/C100H142O8/c1-25-93(13,14)77-45-61-37-63-47-78(94(15,16)26-2)49-65(86(63)102)39-69-53-81(97(21,29-5)30-6)54-70(89(69)105)41-67-51-80(96(19,20)28-4)52-68(88(67)104)42-72-56-83(99(23,33-9)34-10)58-74(91(72)107)44-76-60-84(100(24,35-11)36-12)59-75(92(76)108)43-73-57-82(98(22,31-7)32-8)55-71(90(73)106)40-66-50-79(95(17,18)27-3)48-64(87(66)103)38-62(46-77)85(61)101/h11,29,31,33,45-61,63-64,67,69,73-75,85-92,101-108H,5,7,9,25-28,30,32,34,36-44H2,1-4,6,8,10,12-24H3/t61?,63?,64?,67?,69?,73?,74?,75?,85?,86?,87?,88?,89?,90?,91?,92?,97-,98-,99?,100?/m1/s1. The van der Waals surface area contributed by atoms with Crippen molar-refractivity contribution in [3.63, 3.8) is 0 Å². The molecule has 0 aromatic heterocycles. The Labute approximate surface area is 654 Å². The summed E-state index contributed by atoms with van der Waals surface area (Å²) in [6.45, 7) is 57.2. The largest absolute Gasteiger partial charge is 0.388 e. The maximum absolute atomic E-state index is 13.3. The van der Waals surface area contributed by atoms with Crippen LogP contribution in [0.4, 0.5) is 0 Å². The average Bonchev–Trinajstić information content (AvgIpc) is 0.772. The van der Waals surface area contributed by atoms with Crippen LogP contribution < -0.4 is 0 Å². The molecule has 8 N–H and O–H groups in total. The van der Waals surface area contributed by atoms with Gasteiger partial charge in [0.25, 0.3) is 0 Å². The van der Waals surface area contributed by atoms with Gasteiger partial charge in [-0.2, -0.15) is 0 Å². The minimum absolute atomic E-state index is 0.269. The molecule has 0 spiro atoms. The van der Waals surface area contributed by atoms with E-state index in [1.807, 2.05) is 18.2 Å². The first-order chi connectivity index (χ1) is 50.6. The van der Waals surface area contributed by atoms with Gasteiger partial charge in [0.05, 0.1) is 54.2 Å². The highest BCUT2D eigenvalue weighted by Crippen LogP contribution is 2.53. The molecular weight excluding hydrogens is 1330 g/mol. The van der Waals surface area contributed by atoms with Gasteiger partial charge in [-0.05, 0) is 220 Å². The van der Waals surface area contributed by atoms with Gasteiger partial charge in [0, 0.05) is 63.6 Å². The van der Waals surface area contributed by atoms with Crippen LogP contribution in [0.1, 0.15) is 241 Å². The molecule has 108 heavy (non-hydrogen) atoms. The van der Waals surface area contributed by atoms with E-state index in [2.05, 4.69) is 261 Å². The van der Waals surface area contributed by atoms with E-state index in [-0.39, 0.29) is 34.5 Å². The van der Waals surface area contributed by atoms with Crippen LogP contribution in [0.25, 0.3) is 0 Å². The fourth-order valence-electron chi connectivity index (χ4n) is 18.1. The Bertz CT molecular complexity index is 3990. The van der Waals surface area contributed by atoms with Crippen molar-refractivity contribution in [1.29, 1.82) is 0 Å². The first kappa shape index (κ1) is 86.3. The molecule has 0 saturated heterocycles. The summed E-state index contributed by atoms with van der Waals surface area (Å²) in [5, 5.41) is 106. The van der Waals surface area contributed by atoms with Gasteiger partial charge in [-0.25, -0.2) is 0 Å². The van der Waals surface area contributed by atoms with Crippen molar-refractivity contribution < 1.29 is 40.9 Å². The first-order valence-electron chi connectivity index (χ1n) is 41.8. The molecule has 9 rings (SSSR count). The Kier molecular flexibility index (Phi) is 26.8. The van der Waals surface area contributed by atoms with Gasteiger partial charge in [-0.15, -0.1) is 26.2 Å². The summed E-state index contributed by atoms with van der Waals surface area (Å²) in [4.78, 5) is 0. The van der Waals surface area contributed by atoms with Crippen LogP contribution in [0.2, 0.25) is 0 Å². The zero-order valence-corrected chi connectivity index (χ0v) is 70.3. The third-order valence-electron chi connectivity index (χ3n) is 29.8. The van der Waals surface area contributed by atoms with Crippen LogP contribution >= 0.6 is 0 Å². The van der Waals surface area contributed by atoms with Crippen LogP contribution in [0, 0.1) is 103 Å². The number of terminal acetylenes is 1. The van der Waals surface area contributed by atoms with E-state index in [9.17, 15) is 40.9 Å². The van der Waals surface area contributed by atoms with E-state index in [1.54, 1.807) is 0 Å². The molecule has 1 fully saturated rings. The van der Waals surface area contributed by atoms with Crippen molar-refractivity contribution >= 4 is 0 Å². The fourth-order valence-corrected chi connectivity index (χ4v) is 18.1. The van der Waals surface area contributed by atoms with E-state index in [1.165, 1.54) is 0 Å². The third kappa shape index (κ3) is 17.4. The maximum Gasteiger partial charge on any atom is 0.0822 e. The molecule has 18 unspecified atom stereocenters. The topological polar surface area (TPSA) is 162 Å². The maximum atomic E-state index is 13.3. The lowest BCUT2D eigenvalue weighted by atomic mass is 9.66. The Morgan fingerprint density at radius 2 is 0.491 bits per heavy atom. The van der Waals surface area contributed by atoms with E-state index >= 15 is 0 Å². The number of aliphatic hydroxyl groups is 8. The predicted molar refractivity (Wildman–Crippen MR) is 452 cm³/mol. The van der Waals surface area contributed by atoms with Crippen LogP contribution in [-0.2, 0) is 0 Å². The number of fused-ring (bicyclic) bond motifs is 16. The lowest BCUT2D eigenvalue weighted by Crippen LogP contribution is -2.37. The summed E-state index contributed by atoms with van der Waals surface area (Å²) in [7, 11) is 0. The van der Waals surface area contributed by atoms with E-state index in [4.69, 9.17) is 6.42 Å². The molecule has 1 saturated carbocycles. The molecule has 0 aliphatic heterocycles.